The number of hydrogen-bond donors (Lipinski definition) is 2. The first-order valence-corrected chi connectivity index (χ1v) is 6.41. The van der Waals surface area contributed by atoms with Gasteiger partial charge in [-0.1, -0.05) is 31.8 Å². The Morgan fingerprint density at radius 3 is 2.62 bits per heavy atom. The van der Waals surface area contributed by atoms with Gasteiger partial charge in [-0.25, -0.2) is 0 Å². The van der Waals surface area contributed by atoms with E-state index in [4.69, 9.17) is 5.73 Å². The number of halogens is 3. The van der Waals surface area contributed by atoms with Crippen molar-refractivity contribution in [2.45, 2.75) is 26.1 Å². The summed E-state index contributed by atoms with van der Waals surface area (Å²) in [6.45, 7) is 3.67. The van der Waals surface area contributed by atoms with Gasteiger partial charge < -0.3 is 11.1 Å². The maximum atomic E-state index is 12.5. The molecule has 114 valence electrons. The summed E-state index contributed by atoms with van der Waals surface area (Å²) in [6.07, 6.45) is -4.39. The van der Waals surface area contributed by atoms with Gasteiger partial charge in [0.15, 0.2) is 0 Å². The van der Waals surface area contributed by atoms with Crippen LogP contribution in [0, 0.1) is 17.8 Å². The summed E-state index contributed by atoms with van der Waals surface area (Å²) in [5.41, 5.74) is 5.13. The lowest BCUT2D eigenvalue weighted by atomic mass is 10.1. The lowest BCUT2D eigenvalue weighted by molar-refractivity contribution is -0.137. The minimum atomic E-state index is -4.39. The third kappa shape index (κ3) is 5.48. The van der Waals surface area contributed by atoms with Crippen LogP contribution in [-0.2, 0) is 11.0 Å². The summed E-state index contributed by atoms with van der Waals surface area (Å²) in [7, 11) is 0. The van der Waals surface area contributed by atoms with E-state index in [1.54, 1.807) is 0 Å². The lowest BCUT2D eigenvalue weighted by Gasteiger charge is -2.13. The van der Waals surface area contributed by atoms with E-state index in [0.717, 1.165) is 12.1 Å². The fraction of sp³-hybridized carbons (Fsp3) is 0.400. The van der Waals surface area contributed by atoms with Crippen molar-refractivity contribution in [2.75, 3.05) is 6.54 Å². The van der Waals surface area contributed by atoms with Gasteiger partial charge in [-0.3, -0.25) is 4.79 Å². The maximum Gasteiger partial charge on any atom is 0.416 e. The molecular formula is C15H17F3N2O. The molecule has 1 atom stereocenters. The van der Waals surface area contributed by atoms with Crippen LogP contribution in [0.5, 0.6) is 0 Å². The Bertz CT molecular complexity index is 556. The van der Waals surface area contributed by atoms with Crippen LogP contribution >= 0.6 is 0 Å². The van der Waals surface area contributed by atoms with Crippen molar-refractivity contribution in [3.8, 4) is 11.8 Å². The highest BCUT2D eigenvalue weighted by Crippen LogP contribution is 2.29. The average Bonchev–Trinajstić information content (AvgIpc) is 2.41. The standard InChI is InChI=1S/C15H17F3N2O/c1-10(2)13(19)14(21)20-8-4-6-11-5-3-7-12(9-11)15(16,17)18/h3,5,7,9-10,13H,8,19H2,1-2H3,(H,20,21)/t13-/m0/s1. The van der Waals surface area contributed by atoms with Gasteiger partial charge in [0.2, 0.25) is 5.91 Å². The number of alkyl halides is 3. The minimum absolute atomic E-state index is 0.00132. The molecular weight excluding hydrogens is 281 g/mol. The van der Waals surface area contributed by atoms with Gasteiger partial charge in [0.25, 0.3) is 0 Å². The highest BCUT2D eigenvalue weighted by atomic mass is 19.4. The molecule has 3 nitrogen and oxygen atoms in total. The average molecular weight is 298 g/mol. The van der Waals surface area contributed by atoms with Crippen LogP contribution < -0.4 is 11.1 Å². The second-order valence-corrected chi connectivity index (χ2v) is 4.87. The molecule has 1 amide bonds. The fourth-order valence-corrected chi connectivity index (χ4v) is 1.47. The molecule has 0 aliphatic rings. The van der Waals surface area contributed by atoms with Crippen molar-refractivity contribution in [1.29, 1.82) is 0 Å². The smallest absolute Gasteiger partial charge is 0.344 e. The molecule has 0 aromatic heterocycles. The van der Waals surface area contributed by atoms with Gasteiger partial charge in [-0.2, -0.15) is 13.2 Å². The first-order chi connectivity index (χ1) is 9.71. The SMILES string of the molecule is CC(C)[C@H](N)C(=O)NCC#Cc1cccc(C(F)(F)F)c1. The van der Waals surface area contributed by atoms with Crippen molar-refractivity contribution in [1.82, 2.24) is 5.32 Å². The molecule has 0 fully saturated rings. The number of nitrogens with one attached hydrogen (secondary N) is 1. The number of nitrogens with two attached hydrogens (primary N) is 1. The topological polar surface area (TPSA) is 55.1 Å². The maximum absolute atomic E-state index is 12.5. The second kappa shape index (κ2) is 7.14. The van der Waals surface area contributed by atoms with Crippen LogP contribution in [0.25, 0.3) is 0 Å². The van der Waals surface area contributed by atoms with E-state index < -0.39 is 17.8 Å². The molecule has 0 radical (unpaired) electrons. The predicted molar refractivity (Wildman–Crippen MR) is 74.1 cm³/mol. The van der Waals surface area contributed by atoms with E-state index in [0.29, 0.717) is 0 Å². The summed E-state index contributed by atoms with van der Waals surface area (Å²) in [6, 6.07) is 4.09. The predicted octanol–water partition coefficient (Wildman–Crippen LogP) is 2.16. The normalized spacial score (nSPS) is 12.5. The third-order valence-electron chi connectivity index (χ3n) is 2.79. The van der Waals surface area contributed by atoms with Crippen LogP contribution in [0.15, 0.2) is 24.3 Å². The number of benzene rings is 1. The van der Waals surface area contributed by atoms with Crippen LogP contribution in [0.1, 0.15) is 25.0 Å². The molecule has 0 bridgehead atoms. The molecule has 0 aliphatic carbocycles. The Labute approximate surface area is 121 Å². The summed E-state index contributed by atoms with van der Waals surface area (Å²) >= 11 is 0. The molecule has 3 N–H and O–H groups in total. The molecule has 1 rings (SSSR count). The Kier molecular flexibility index (Phi) is 5.79. The second-order valence-electron chi connectivity index (χ2n) is 4.87. The number of carbonyl (C=O) groups excluding carboxylic acids is 1. The summed E-state index contributed by atoms with van der Waals surface area (Å²) < 4.78 is 37.5. The first-order valence-electron chi connectivity index (χ1n) is 6.41. The Hall–Kier alpha value is -2.00. The lowest BCUT2D eigenvalue weighted by Crippen LogP contribution is -2.44. The van der Waals surface area contributed by atoms with Gasteiger partial charge in [0.1, 0.15) is 0 Å². The van der Waals surface area contributed by atoms with Gasteiger partial charge in [-0.15, -0.1) is 0 Å². The number of hydrogen-bond acceptors (Lipinski definition) is 2. The van der Waals surface area contributed by atoms with E-state index in [2.05, 4.69) is 17.2 Å². The zero-order valence-corrected chi connectivity index (χ0v) is 11.8. The van der Waals surface area contributed by atoms with Crippen LogP contribution in [0.4, 0.5) is 13.2 Å². The van der Waals surface area contributed by atoms with Crippen molar-refractivity contribution < 1.29 is 18.0 Å². The van der Waals surface area contributed by atoms with E-state index in [1.165, 1.54) is 12.1 Å². The zero-order valence-electron chi connectivity index (χ0n) is 11.8. The molecule has 6 heteroatoms. The molecule has 0 aliphatic heterocycles. The number of rotatable bonds is 3. The summed E-state index contributed by atoms with van der Waals surface area (Å²) in [5.74, 6) is 4.85. The quantitative estimate of drug-likeness (QED) is 0.840. The number of carbonyl (C=O) groups is 1. The summed E-state index contributed by atoms with van der Waals surface area (Å²) in [5, 5.41) is 2.52. The van der Waals surface area contributed by atoms with Crippen molar-refractivity contribution in [2.24, 2.45) is 11.7 Å². The van der Waals surface area contributed by atoms with Crippen molar-refractivity contribution in [3.05, 3.63) is 35.4 Å². The first kappa shape index (κ1) is 17.1. The van der Waals surface area contributed by atoms with E-state index >= 15 is 0 Å². The fourth-order valence-electron chi connectivity index (χ4n) is 1.47. The third-order valence-corrected chi connectivity index (χ3v) is 2.79. The summed E-state index contributed by atoms with van der Waals surface area (Å²) in [4.78, 5) is 11.5. The Balaban J connectivity index is 2.62. The van der Waals surface area contributed by atoms with Gasteiger partial charge in [0, 0.05) is 5.56 Å². The zero-order chi connectivity index (χ0) is 16.0. The largest absolute Gasteiger partial charge is 0.416 e. The van der Waals surface area contributed by atoms with Crippen molar-refractivity contribution >= 4 is 5.91 Å². The highest BCUT2D eigenvalue weighted by Gasteiger charge is 2.30. The molecule has 0 unspecified atom stereocenters. The Morgan fingerprint density at radius 1 is 1.38 bits per heavy atom. The molecule has 1 aromatic carbocycles. The highest BCUT2D eigenvalue weighted by molar-refractivity contribution is 5.81. The van der Waals surface area contributed by atoms with E-state index in [9.17, 15) is 18.0 Å². The molecule has 0 spiro atoms. The minimum Gasteiger partial charge on any atom is -0.344 e. The molecule has 0 saturated carbocycles. The monoisotopic (exact) mass is 298 g/mol. The van der Waals surface area contributed by atoms with Crippen LogP contribution in [0.2, 0.25) is 0 Å². The molecule has 21 heavy (non-hydrogen) atoms. The van der Waals surface area contributed by atoms with Gasteiger partial charge in [-0.05, 0) is 24.1 Å². The van der Waals surface area contributed by atoms with Crippen LogP contribution in [-0.4, -0.2) is 18.5 Å². The van der Waals surface area contributed by atoms with Crippen molar-refractivity contribution in [3.63, 3.8) is 0 Å². The van der Waals surface area contributed by atoms with Crippen LogP contribution in [0.3, 0.4) is 0 Å². The van der Waals surface area contributed by atoms with Gasteiger partial charge in [0.05, 0.1) is 18.2 Å². The molecule has 1 aromatic rings. The molecule has 0 saturated heterocycles. The Morgan fingerprint density at radius 2 is 2.05 bits per heavy atom. The number of amides is 1. The van der Waals surface area contributed by atoms with E-state index in [-0.39, 0.29) is 23.9 Å². The van der Waals surface area contributed by atoms with E-state index in [1.807, 2.05) is 13.8 Å². The van der Waals surface area contributed by atoms with Gasteiger partial charge >= 0.3 is 6.18 Å². The molecule has 0 heterocycles.